The average molecular weight is 355 g/mol. The molecule has 2 aliphatic rings. The molecule has 146 valence electrons. The first-order valence-electron chi connectivity index (χ1n) is 10.4. The molecule has 2 aliphatic heterocycles. The Morgan fingerprint density at radius 1 is 0.920 bits per heavy atom. The molecule has 2 saturated heterocycles. The van der Waals surface area contributed by atoms with Crippen molar-refractivity contribution in [2.24, 2.45) is 0 Å². The molecule has 0 aromatic rings. The van der Waals surface area contributed by atoms with Crippen LogP contribution in [0.2, 0.25) is 0 Å². The van der Waals surface area contributed by atoms with E-state index in [9.17, 15) is 0 Å². The fourth-order valence-electron chi connectivity index (χ4n) is 3.63. The molecular formula is C21H38O4. The molecule has 0 amide bonds. The summed E-state index contributed by atoms with van der Waals surface area (Å²) in [6.45, 7) is 7.34. The third-order valence-electron chi connectivity index (χ3n) is 5.20. The van der Waals surface area contributed by atoms with E-state index in [2.05, 4.69) is 26.0 Å². The quantitative estimate of drug-likeness (QED) is 0.408. The van der Waals surface area contributed by atoms with Crippen molar-refractivity contribution in [3.63, 3.8) is 0 Å². The van der Waals surface area contributed by atoms with Crippen molar-refractivity contribution in [3.05, 3.63) is 12.2 Å². The highest BCUT2D eigenvalue weighted by molar-refractivity contribution is 4.90. The molecule has 4 nitrogen and oxygen atoms in total. The first-order valence-corrected chi connectivity index (χ1v) is 10.4. The van der Waals surface area contributed by atoms with Crippen LogP contribution in [-0.2, 0) is 18.9 Å². The van der Waals surface area contributed by atoms with Crippen molar-refractivity contribution in [1.82, 2.24) is 0 Å². The summed E-state index contributed by atoms with van der Waals surface area (Å²) in [7, 11) is 0. The van der Waals surface area contributed by atoms with Gasteiger partial charge in [-0.15, -0.1) is 0 Å². The lowest BCUT2D eigenvalue weighted by Crippen LogP contribution is -2.29. The van der Waals surface area contributed by atoms with Crippen LogP contribution < -0.4 is 0 Å². The molecule has 0 bridgehead atoms. The molecule has 0 aromatic carbocycles. The molecule has 0 aromatic heterocycles. The molecule has 2 unspecified atom stereocenters. The Bertz CT molecular complexity index is 363. The summed E-state index contributed by atoms with van der Waals surface area (Å²) in [5.41, 5.74) is 0. The van der Waals surface area contributed by atoms with Gasteiger partial charge >= 0.3 is 0 Å². The summed E-state index contributed by atoms with van der Waals surface area (Å²) in [5.74, 6) is -0.343. The van der Waals surface area contributed by atoms with Gasteiger partial charge in [0.05, 0.1) is 38.6 Å². The van der Waals surface area contributed by atoms with Gasteiger partial charge in [-0.2, -0.15) is 0 Å². The lowest BCUT2D eigenvalue weighted by Gasteiger charge is -2.26. The Labute approximate surface area is 154 Å². The predicted molar refractivity (Wildman–Crippen MR) is 101 cm³/mol. The molecule has 4 heteroatoms. The summed E-state index contributed by atoms with van der Waals surface area (Å²) < 4.78 is 23.4. The van der Waals surface area contributed by atoms with Crippen LogP contribution in [0.5, 0.6) is 0 Å². The zero-order chi connectivity index (χ0) is 17.8. The number of unbranched alkanes of at least 4 members (excludes halogenated alkanes) is 3. The maximum absolute atomic E-state index is 5.92. The Kier molecular flexibility index (Phi) is 10.1. The van der Waals surface area contributed by atoms with Gasteiger partial charge in [0.15, 0.2) is 5.79 Å². The third-order valence-corrected chi connectivity index (χ3v) is 5.20. The van der Waals surface area contributed by atoms with Crippen LogP contribution in [0.15, 0.2) is 12.2 Å². The topological polar surface area (TPSA) is 36.9 Å². The van der Waals surface area contributed by atoms with Crippen LogP contribution in [0.3, 0.4) is 0 Å². The second kappa shape index (κ2) is 12.1. The van der Waals surface area contributed by atoms with E-state index in [4.69, 9.17) is 18.9 Å². The number of hydrogen-bond acceptors (Lipinski definition) is 4. The third kappa shape index (κ3) is 8.21. The molecule has 0 N–H and O–H groups in total. The minimum atomic E-state index is -0.343. The lowest BCUT2D eigenvalue weighted by atomic mass is 10.0. The Balaban J connectivity index is 1.61. The summed E-state index contributed by atoms with van der Waals surface area (Å²) >= 11 is 0. The van der Waals surface area contributed by atoms with E-state index in [1.54, 1.807) is 0 Å². The largest absolute Gasteiger partial charge is 0.376 e. The number of allylic oxidation sites excluding steroid dienone is 1. The van der Waals surface area contributed by atoms with Crippen molar-refractivity contribution in [2.45, 2.75) is 96.1 Å². The molecule has 25 heavy (non-hydrogen) atoms. The van der Waals surface area contributed by atoms with Crippen LogP contribution >= 0.6 is 0 Å². The zero-order valence-corrected chi connectivity index (χ0v) is 16.3. The van der Waals surface area contributed by atoms with Crippen molar-refractivity contribution < 1.29 is 18.9 Å². The van der Waals surface area contributed by atoms with Crippen molar-refractivity contribution >= 4 is 0 Å². The summed E-state index contributed by atoms with van der Waals surface area (Å²) in [4.78, 5) is 0. The molecule has 2 rings (SSSR count). The van der Waals surface area contributed by atoms with E-state index < -0.39 is 0 Å². The minimum Gasteiger partial charge on any atom is -0.376 e. The molecule has 0 saturated carbocycles. The van der Waals surface area contributed by atoms with Crippen LogP contribution in [0.1, 0.15) is 78.1 Å². The maximum Gasteiger partial charge on any atom is 0.171 e. The van der Waals surface area contributed by atoms with E-state index in [1.165, 1.54) is 25.7 Å². The van der Waals surface area contributed by atoms with E-state index in [-0.39, 0.29) is 5.79 Å². The summed E-state index contributed by atoms with van der Waals surface area (Å²) in [6, 6.07) is 0. The maximum atomic E-state index is 5.92. The second-order valence-corrected chi connectivity index (χ2v) is 7.42. The highest BCUT2D eigenvalue weighted by Gasteiger charge is 2.34. The van der Waals surface area contributed by atoms with Gasteiger partial charge in [0, 0.05) is 12.8 Å². The van der Waals surface area contributed by atoms with Crippen LogP contribution in [-0.4, -0.2) is 44.4 Å². The van der Waals surface area contributed by atoms with Crippen LogP contribution in [0.25, 0.3) is 0 Å². The number of rotatable bonds is 10. The smallest absolute Gasteiger partial charge is 0.171 e. The lowest BCUT2D eigenvalue weighted by molar-refractivity contribution is -0.160. The van der Waals surface area contributed by atoms with Gasteiger partial charge < -0.3 is 18.9 Å². The van der Waals surface area contributed by atoms with E-state index in [1.807, 2.05) is 0 Å². The molecule has 0 radical (unpaired) electrons. The van der Waals surface area contributed by atoms with Gasteiger partial charge in [-0.1, -0.05) is 31.9 Å². The standard InChI is InChI=1S/C21H38O4/c1-3-4-8-13-21(24-17-18-25-21)14-9-6-5-7-10-20-12-11-19(2)22-15-16-23-20/h6,9,19-20H,3-5,7-8,10-18H2,1-2H3. The highest BCUT2D eigenvalue weighted by Crippen LogP contribution is 2.30. The van der Waals surface area contributed by atoms with E-state index >= 15 is 0 Å². The van der Waals surface area contributed by atoms with Crippen LogP contribution in [0, 0.1) is 0 Å². The predicted octanol–water partition coefficient (Wildman–Crippen LogP) is 5.01. The number of hydrogen-bond donors (Lipinski definition) is 0. The number of ether oxygens (including phenoxy) is 4. The van der Waals surface area contributed by atoms with Crippen molar-refractivity contribution in [3.8, 4) is 0 Å². The Morgan fingerprint density at radius 2 is 1.72 bits per heavy atom. The fraction of sp³-hybridized carbons (Fsp3) is 0.905. The Hall–Kier alpha value is -0.420. The van der Waals surface area contributed by atoms with Crippen LogP contribution in [0.4, 0.5) is 0 Å². The van der Waals surface area contributed by atoms with E-state index in [0.717, 1.165) is 65.0 Å². The molecule has 0 aliphatic carbocycles. The summed E-state index contributed by atoms with van der Waals surface area (Å²) in [6.07, 6.45) is 16.6. The summed E-state index contributed by atoms with van der Waals surface area (Å²) in [5, 5.41) is 0. The minimum absolute atomic E-state index is 0.343. The average Bonchev–Trinajstić information content (AvgIpc) is 3.06. The van der Waals surface area contributed by atoms with Gasteiger partial charge in [0.2, 0.25) is 0 Å². The SMILES string of the molecule is CCCCCC1(CC=CCCCC2CCC(C)OCCO2)OCCO1. The van der Waals surface area contributed by atoms with Crippen molar-refractivity contribution in [1.29, 1.82) is 0 Å². The van der Waals surface area contributed by atoms with Gasteiger partial charge in [0.25, 0.3) is 0 Å². The van der Waals surface area contributed by atoms with Gasteiger partial charge in [-0.3, -0.25) is 0 Å². The zero-order valence-electron chi connectivity index (χ0n) is 16.3. The van der Waals surface area contributed by atoms with Gasteiger partial charge in [0.1, 0.15) is 0 Å². The normalized spacial score (nSPS) is 27.4. The molecule has 2 fully saturated rings. The second-order valence-electron chi connectivity index (χ2n) is 7.42. The molecule has 2 atom stereocenters. The first kappa shape index (κ1) is 20.9. The first-order chi connectivity index (χ1) is 12.2. The molecule has 2 heterocycles. The Morgan fingerprint density at radius 3 is 2.52 bits per heavy atom. The molecular weight excluding hydrogens is 316 g/mol. The van der Waals surface area contributed by atoms with Gasteiger partial charge in [-0.25, -0.2) is 0 Å². The van der Waals surface area contributed by atoms with Gasteiger partial charge in [-0.05, 0) is 45.4 Å². The monoisotopic (exact) mass is 354 g/mol. The highest BCUT2D eigenvalue weighted by atomic mass is 16.7. The van der Waals surface area contributed by atoms with E-state index in [0.29, 0.717) is 12.2 Å². The van der Waals surface area contributed by atoms with Crippen molar-refractivity contribution in [2.75, 3.05) is 26.4 Å². The fourth-order valence-corrected chi connectivity index (χ4v) is 3.63. The molecule has 0 spiro atoms.